The van der Waals surface area contributed by atoms with Crippen molar-refractivity contribution in [1.29, 1.82) is 0 Å². The maximum absolute atomic E-state index is 12.6. The van der Waals surface area contributed by atoms with E-state index in [0.29, 0.717) is 6.54 Å². The van der Waals surface area contributed by atoms with Crippen molar-refractivity contribution >= 4 is 28.3 Å². The van der Waals surface area contributed by atoms with E-state index in [1.54, 1.807) is 6.33 Å². The number of benzene rings is 1. The molecule has 4 nitrogen and oxygen atoms in total. The molecule has 0 saturated carbocycles. The van der Waals surface area contributed by atoms with Crippen molar-refractivity contribution in [3.8, 4) is 0 Å². The van der Waals surface area contributed by atoms with E-state index in [-0.39, 0.29) is 16.3 Å². The zero-order chi connectivity index (χ0) is 17.3. The Labute approximate surface area is 142 Å². The lowest BCUT2D eigenvalue weighted by Crippen LogP contribution is -2.23. The number of aromatic nitrogens is 2. The Kier molecular flexibility index (Phi) is 4.62. The fraction of sp³-hybridized carbons (Fsp3) is 0.294. The van der Waals surface area contributed by atoms with Gasteiger partial charge in [0.2, 0.25) is 0 Å². The molecule has 126 valence electrons. The van der Waals surface area contributed by atoms with Crippen molar-refractivity contribution in [3.05, 3.63) is 51.5 Å². The molecule has 0 radical (unpaired) electrons. The minimum absolute atomic E-state index is 0.0943. The van der Waals surface area contributed by atoms with Gasteiger partial charge in [-0.25, -0.2) is 13.8 Å². The van der Waals surface area contributed by atoms with Crippen LogP contribution in [0, 0.1) is 0 Å². The first kappa shape index (κ1) is 16.6. The normalized spacial score (nSPS) is 11.4. The van der Waals surface area contributed by atoms with Gasteiger partial charge in [0.15, 0.2) is 0 Å². The molecule has 0 saturated heterocycles. The molecule has 1 N–H and O–H groups in total. The molecule has 3 rings (SSSR count). The summed E-state index contributed by atoms with van der Waals surface area (Å²) in [6.45, 7) is 2.38. The van der Waals surface area contributed by atoms with Crippen molar-refractivity contribution in [1.82, 2.24) is 14.9 Å². The molecule has 1 amide bonds. The Bertz CT molecular complexity index is 885. The molecule has 7 heteroatoms. The zero-order valence-electron chi connectivity index (χ0n) is 13.3. The number of nitrogens with one attached hydrogen (secondary N) is 1. The van der Waals surface area contributed by atoms with E-state index >= 15 is 0 Å². The molecule has 0 aliphatic rings. The molecule has 0 bridgehead atoms. The summed E-state index contributed by atoms with van der Waals surface area (Å²) < 4.78 is 27.2. The number of rotatable bonds is 5. The predicted octanol–water partition coefficient (Wildman–Crippen LogP) is 4.06. The number of halogens is 2. The third-order valence-electron chi connectivity index (χ3n) is 3.98. The summed E-state index contributed by atoms with van der Waals surface area (Å²) in [5.41, 5.74) is 4.26. The predicted molar refractivity (Wildman–Crippen MR) is 90.5 cm³/mol. The lowest BCUT2D eigenvalue weighted by Gasteiger charge is -2.12. The number of imidazole rings is 1. The number of thiophene rings is 1. The van der Waals surface area contributed by atoms with Crippen LogP contribution in [0.15, 0.2) is 29.9 Å². The highest BCUT2D eigenvalue weighted by Crippen LogP contribution is 2.26. The monoisotopic (exact) mass is 349 g/mol. The van der Waals surface area contributed by atoms with Gasteiger partial charge in [0.05, 0.1) is 27.8 Å². The van der Waals surface area contributed by atoms with Crippen LogP contribution in [0.1, 0.15) is 39.7 Å². The molecule has 1 aromatic carbocycles. The smallest absolute Gasteiger partial charge is 0.272 e. The molecule has 0 spiro atoms. The Morgan fingerprint density at radius 3 is 2.88 bits per heavy atom. The molecule has 0 unspecified atom stereocenters. The van der Waals surface area contributed by atoms with E-state index in [4.69, 9.17) is 0 Å². The summed E-state index contributed by atoms with van der Waals surface area (Å²) in [5.74, 6) is -0.348. The van der Waals surface area contributed by atoms with Crippen LogP contribution in [0.25, 0.3) is 11.0 Å². The summed E-state index contributed by atoms with van der Waals surface area (Å²) in [6.07, 6.45) is 0.0233. The van der Waals surface area contributed by atoms with Crippen molar-refractivity contribution in [3.63, 3.8) is 0 Å². The first-order valence-electron chi connectivity index (χ1n) is 7.57. The summed E-state index contributed by atoms with van der Waals surface area (Å²) in [5, 5.41) is 4.29. The van der Waals surface area contributed by atoms with Gasteiger partial charge in [0.25, 0.3) is 12.3 Å². The molecule has 2 aromatic heterocycles. The number of nitrogens with zero attached hydrogens (tertiary/aromatic N) is 2. The van der Waals surface area contributed by atoms with E-state index < -0.39 is 6.43 Å². The number of fused-ring (bicyclic) bond motifs is 1. The van der Waals surface area contributed by atoms with Crippen molar-refractivity contribution in [2.45, 2.75) is 26.3 Å². The van der Waals surface area contributed by atoms with Crippen LogP contribution in [0.4, 0.5) is 8.78 Å². The molecule has 0 aliphatic heterocycles. The van der Waals surface area contributed by atoms with Crippen LogP contribution in [-0.2, 0) is 20.0 Å². The fourth-order valence-corrected chi connectivity index (χ4v) is 3.49. The summed E-state index contributed by atoms with van der Waals surface area (Å²) in [6, 6.07) is 5.22. The zero-order valence-corrected chi connectivity index (χ0v) is 14.2. The van der Waals surface area contributed by atoms with Crippen molar-refractivity contribution < 1.29 is 13.6 Å². The second-order valence-electron chi connectivity index (χ2n) is 5.50. The van der Waals surface area contributed by atoms with Crippen LogP contribution >= 0.6 is 11.3 Å². The SMILES string of the molecule is CCc1ccc2ncn(C)c2c1CNC(=O)c1csc(C(F)F)c1. The molecule has 0 aliphatic carbocycles. The third kappa shape index (κ3) is 3.03. The van der Waals surface area contributed by atoms with Crippen LogP contribution in [-0.4, -0.2) is 15.5 Å². The molecule has 0 atom stereocenters. The molecule has 24 heavy (non-hydrogen) atoms. The first-order chi connectivity index (χ1) is 11.5. The lowest BCUT2D eigenvalue weighted by atomic mass is 10.0. The van der Waals surface area contributed by atoms with Crippen molar-refractivity contribution in [2.24, 2.45) is 7.05 Å². The molecule has 2 heterocycles. The maximum atomic E-state index is 12.6. The van der Waals surface area contributed by atoms with Gasteiger partial charge in [0, 0.05) is 24.5 Å². The summed E-state index contributed by atoms with van der Waals surface area (Å²) in [4.78, 5) is 16.5. The van der Waals surface area contributed by atoms with E-state index in [9.17, 15) is 13.6 Å². The minimum atomic E-state index is -2.55. The van der Waals surface area contributed by atoms with E-state index in [0.717, 1.165) is 39.9 Å². The van der Waals surface area contributed by atoms with E-state index in [1.165, 1.54) is 11.4 Å². The van der Waals surface area contributed by atoms with Crippen LogP contribution in [0.2, 0.25) is 0 Å². The molecule has 3 aromatic rings. The number of carbonyl (C=O) groups is 1. The second kappa shape index (κ2) is 6.68. The number of hydrogen-bond donors (Lipinski definition) is 1. The minimum Gasteiger partial charge on any atom is -0.348 e. The Morgan fingerprint density at radius 1 is 1.42 bits per heavy atom. The molecular weight excluding hydrogens is 332 g/mol. The second-order valence-corrected chi connectivity index (χ2v) is 6.44. The van der Waals surface area contributed by atoms with Crippen LogP contribution in [0.3, 0.4) is 0 Å². The molecular formula is C17H17F2N3OS. The number of alkyl halides is 2. The highest BCUT2D eigenvalue weighted by atomic mass is 32.1. The Balaban J connectivity index is 1.84. The Morgan fingerprint density at radius 2 is 2.21 bits per heavy atom. The van der Waals surface area contributed by atoms with Gasteiger partial charge in [-0.1, -0.05) is 13.0 Å². The largest absolute Gasteiger partial charge is 0.348 e. The van der Waals surface area contributed by atoms with Crippen LogP contribution < -0.4 is 5.32 Å². The van der Waals surface area contributed by atoms with E-state index in [2.05, 4.69) is 17.2 Å². The van der Waals surface area contributed by atoms with Gasteiger partial charge in [0.1, 0.15) is 0 Å². The standard InChI is InChI=1S/C17H17F2N3OS/c1-3-10-4-5-13-15(22(2)9-21-13)12(10)7-20-17(23)11-6-14(16(18)19)24-8-11/h4-6,8-9,16H,3,7H2,1-2H3,(H,20,23). The lowest BCUT2D eigenvalue weighted by molar-refractivity contribution is 0.0951. The van der Waals surface area contributed by atoms with Gasteiger partial charge < -0.3 is 9.88 Å². The number of amides is 1. The quantitative estimate of drug-likeness (QED) is 0.755. The number of aryl methyl sites for hydroxylation is 2. The summed E-state index contributed by atoms with van der Waals surface area (Å²) >= 11 is 0.897. The Hall–Kier alpha value is -2.28. The van der Waals surface area contributed by atoms with Gasteiger partial charge in [-0.15, -0.1) is 11.3 Å². The van der Waals surface area contributed by atoms with Crippen molar-refractivity contribution in [2.75, 3.05) is 0 Å². The van der Waals surface area contributed by atoms with Gasteiger partial charge >= 0.3 is 0 Å². The maximum Gasteiger partial charge on any atom is 0.272 e. The van der Waals surface area contributed by atoms with Gasteiger partial charge in [-0.2, -0.15) is 0 Å². The topological polar surface area (TPSA) is 46.9 Å². The van der Waals surface area contributed by atoms with Gasteiger partial charge in [-0.05, 0) is 24.1 Å². The first-order valence-corrected chi connectivity index (χ1v) is 8.45. The average molecular weight is 349 g/mol. The summed E-state index contributed by atoms with van der Waals surface area (Å²) in [7, 11) is 1.91. The van der Waals surface area contributed by atoms with Crippen LogP contribution in [0.5, 0.6) is 0 Å². The number of carbonyl (C=O) groups excluding carboxylic acids is 1. The third-order valence-corrected chi connectivity index (χ3v) is 4.92. The fourth-order valence-electron chi connectivity index (χ4n) is 2.76. The average Bonchev–Trinajstić information content (AvgIpc) is 3.20. The number of hydrogen-bond acceptors (Lipinski definition) is 3. The van der Waals surface area contributed by atoms with E-state index in [1.807, 2.05) is 23.7 Å². The van der Waals surface area contributed by atoms with Gasteiger partial charge in [-0.3, -0.25) is 4.79 Å². The highest BCUT2D eigenvalue weighted by Gasteiger charge is 2.16. The highest BCUT2D eigenvalue weighted by molar-refractivity contribution is 7.10. The molecule has 0 fully saturated rings.